The normalized spacial score (nSPS) is 11.3. The lowest BCUT2D eigenvalue weighted by molar-refractivity contribution is 1.19. The van der Waals surface area contributed by atoms with E-state index < -0.39 is 0 Å². The van der Waals surface area contributed by atoms with Crippen molar-refractivity contribution in [1.29, 1.82) is 0 Å². The highest BCUT2D eigenvalue weighted by atomic mass is 15.1. The van der Waals surface area contributed by atoms with Gasteiger partial charge in [-0.2, -0.15) is 0 Å². The van der Waals surface area contributed by atoms with Gasteiger partial charge in [0.05, 0.1) is 16.7 Å². The van der Waals surface area contributed by atoms with Crippen LogP contribution in [0.3, 0.4) is 0 Å². The van der Waals surface area contributed by atoms with Gasteiger partial charge in [0.25, 0.3) is 0 Å². The first-order valence-corrected chi connectivity index (χ1v) is 21.6. The molecule has 1 aromatic heterocycles. The van der Waals surface area contributed by atoms with Gasteiger partial charge < -0.3 is 9.47 Å². The van der Waals surface area contributed by atoms with E-state index in [0.717, 1.165) is 56.1 Å². The second-order valence-corrected chi connectivity index (χ2v) is 16.2. The maximum Gasteiger partial charge on any atom is 0.0619 e. The molecule has 0 N–H and O–H groups in total. The van der Waals surface area contributed by atoms with Gasteiger partial charge in [-0.3, -0.25) is 0 Å². The van der Waals surface area contributed by atoms with Crippen molar-refractivity contribution in [3.8, 4) is 39.1 Å². The lowest BCUT2D eigenvalue weighted by Gasteiger charge is -2.28. The molecule has 0 saturated carbocycles. The van der Waals surface area contributed by atoms with Crippen LogP contribution in [0.5, 0.6) is 0 Å². The minimum atomic E-state index is 0.995. The number of nitrogens with zero attached hydrogens (tertiary/aromatic N) is 2. The molecule has 1 heterocycles. The number of hydrogen-bond acceptors (Lipinski definition) is 1. The Morgan fingerprint density at radius 2 is 1.08 bits per heavy atom. The number of hydrogen-bond donors (Lipinski definition) is 0. The second kappa shape index (κ2) is 16.0. The van der Waals surface area contributed by atoms with E-state index in [-0.39, 0.29) is 0 Å². The van der Waals surface area contributed by atoms with E-state index >= 15 is 0 Å². The molecule has 0 spiro atoms. The molecule has 0 unspecified atom stereocenters. The summed E-state index contributed by atoms with van der Waals surface area (Å²) in [6.45, 7) is 6.84. The predicted octanol–water partition coefficient (Wildman–Crippen LogP) is 16.8. The Morgan fingerprint density at radius 1 is 0.444 bits per heavy atom. The quantitative estimate of drug-likeness (QED) is 0.141. The molecule has 63 heavy (non-hydrogen) atoms. The minimum Gasteiger partial charge on any atom is -0.310 e. The highest BCUT2D eigenvalue weighted by Crippen LogP contribution is 2.45. The number of rotatable bonds is 9. The predicted molar refractivity (Wildman–Crippen MR) is 269 cm³/mol. The summed E-state index contributed by atoms with van der Waals surface area (Å²) in [5.74, 6) is 0. The van der Waals surface area contributed by atoms with Crippen LogP contribution in [-0.4, -0.2) is 4.57 Å². The molecular weight excluding hydrogens is 761 g/mol. The van der Waals surface area contributed by atoms with Crippen molar-refractivity contribution < 1.29 is 0 Å². The lowest BCUT2D eigenvalue weighted by Crippen LogP contribution is -2.11. The van der Waals surface area contributed by atoms with Gasteiger partial charge in [-0.15, -0.1) is 0 Å². The second-order valence-electron chi connectivity index (χ2n) is 16.2. The molecule has 0 aliphatic heterocycles. The molecule has 0 saturated heterocycles. The van der Waals surface area contributed by atoms with Crippen molar-refractivity contribution in [1.82, 2.24) is 4.57 Å². The molecule has 0 radical (unpaired) electrons. The van der Waals surface area contributed by atoms with Gasteiger partial charge in [0.1, 0.15) is 0 Å². The Bertz CT molecular complexity index is 3470. The highest BCUT2D eigenvalue weighted by Gasteiger charge is 2.21. The Kier molecular flexibility index (Phi) is 9.60. The molecule has 298 valence electrons. The molecule has 0 atom stereocenters. The topological polar surface area (TPSA) is 8.17 Å². The molecular formula is C61H44N2. The molecule has 0 fully saturated rings. The zero-order valence-electron chi connectivity index (χ0n) is 35.1. The zero-order valence-corrected chi connectivity index (χ0v) is 35.1. The van der Waals surface area contributed by atoms with E-state index in [9.17, 15) is 0 Å². The molecule has 2 heteroatoms. The lowest BCUT2D eigenvalue weighted by atomic mass is 9.90. The first-order chi connectivity index (χ1) is 31.1. The summed E-state index contributed by atoms with van der Waals surface area (Å²) < 4.78 is 2.44. The summed E-state index contributed by atoms with van der Waals surface area (Å²) >= 11 is 0. The van der Waals surface area contributed by atoms with Gasteiger partial charge >= 0.3 is 0 Å². The van der Waals surface area contributed by atoms with E-state index in [0.29, 0.717) is 0 Å². The fourth-order valence-electron chi connectivity index (χ4n) is 9.51. The van der Waals surface area contributed by atoms with E-state index in [1.807, 2.05) is 0 Å². The SMILES string of the molecule is C=C(c1ccc(N(c2cccc(-c3cccc4c3c3ccc5ccccc5c3n4-c3ccccc3)c2)c2ccccc2-c2ccccc2)cc1)c1ccccc1-c1ccccc1C. The van der Waals surface area contributed by atoms with Crippen molar-refractivity contribution in [3.63, 3.8) is 0 Å². The summed E-state index contributed by atoms with van der Waals surface area (Å²) in [6, 6.07) is 85.4. The van der Waals surface area contributed by atoms with E-state index in [4.69, 9.17) is 0 Å². The number of anilines is 3. The van der Waals surface area contributed by atoms with E-state index in [1.54, 1.807) is 0 Å². The minimum absolute atomic E-state index is 0.995. The van der Waals surface area contributed by atoms with Crippen LogP contribution < -0.4 is 4.90 Å². The van der Waals surface area contributed by atoms with E-state index in [1.165, 1.54) is 54.8 Å². The Hall–Kier alpha value is -8.20. The summed E-state index contributed by atoms with van der Waals surface area (Å²) in [4.78, 5) is 2.40. The third kappa shape index (κ3) is 6.70. The van der Waals surface area contributed by atoms with Gasteiger partial charge in [0.2, 0.25) is 0 Å². The van der Waals surface area contributed by atoms with Gasteiger partial charge in [-0.05, 0) is 111 Å². The van der Waals surface area contributed by atoms with Crippen LogP contribution in [0.2, 0.25) is 0 Å². The van der Waals surface area contributed by atoms with Crippen LogP contribution in [0.1, 0.15) is 16.7 Å². The fourth-order valence-corrected chi connectivity index (χ4v) is 9.51. The van der Waals surface area contributed by atoms with Crippen LogP contribution in [-0.2, 0) is 0 Å². The van der Waals surface area contributed by atoms with Crippen molar-refractivity contribution in [2.45, 2.75) is 6.92 Å². The molecule has 11 aromatic rings. The van der Waals surface area contributed by atoms with Gasteiger partial charge in [0, 0.05) is 38.8 Å². The van der Waals surface area contributed by atoms with Crippen LogP contribution in [0.25, 0.3) is 77.2 Å². The van der Waals surface area contributed by atoms with Crippen molar-refractivity contribution in [2.75, 3.05) is 4.90 Å². The number of aromatic nitrogens is 1. The van der Waals surface area contributed by atoms with Crippen molar-refractivity contribution in [3.05, 3.63) is 260 Å². The number of fused-ring (bicyclic) bond motifs is 5. The fraction of sp³-hybridized carbons (Fsp3) is 0.0164. The Balaban J connectivity index is 1.08. The Labute approximate surface area is 368 Å². The molecule has 0 bridgehead atoms. The Morgan fingerprint density at radius 3 is 1.89 bits per heavy atom. The first-order valence-electron chi connectivity index (χ1n) is 21.6. The molecule has 0 amide bonds. The van der Waals surface area contributed by atoms with Crippen LogP contribution in [0.4, 0.5) is 17.1 Å². The molecule has 2 nitrogen and oxygen atoms in total. The number of para-hydroxylation sites is 2. The average Bonchev–Trinajstić information content (AvgIpc) is 3.70. The molecule has 10 aromatic carbocycles. The van der Waals surface area contributed by atoms with Crippen LogP contribution in [0.15, 0.2) is 243 Å². The summed E-state index contributed by atoms with van der Waals surface area (Å²) in [5, 5.41) is 4.94. The maximum atomic E-state index is 4.67. The largest absolute Gasteiger partial charge is 0.310 e. The van der Waals surface area contributed by atoms with E-state index in [2.05, 4.69) is 260 Å². The summed E-state index contributed by atoms with van der Waals surface area (Å²) in [6.07, 6.45) is 0. The smallest absolute Gasteiger partial charge is 0.0619 e. The number of aryl methyl sites for hydroxylation is 1. The number of benzene rings is 10. The third-order valence-corrected chi connectivity index (χ3v) is 12.5. The van der Waals surface area contributed by atoms with Crippen molar-refractivity contribution >= 4 is 55.2 Å². The van der Waals surface area contributed by atoms with Gasteiger partial charge in [-0.25, -0.2) is 0 Å². The van der Waals surface area contributed by atoms with Gasteiger partial charge in [0.15, 0.2) is 0 Å². The maximum absolute atomic E-state index is 4.67. The summed E-state index contributed by atoms with van der Waals surface area (Å²) in [7, 11) is 0. The summed E-state index contributed by atoms with van der Waals surface area (Å²) in [5.41, 5.74) is 18.3. The average molecular weight is 805 g/mol. The third-order valence-electron chi connectivity index (χ3n) is 12.5. The molecule has 11 rings (SSSR count). The van der Waals surface area contributed by atoms with Crippen molar-refractivity contribution in [2.24, 2.45) is 0 Å². The molecule has 0 aliphatic rings. The standard InChI is InChI=1S/C61H44N2/c1-42-19-9-11-27-51(42)56-31-14-13-28-52(56)43(2)44-35-38-49(39-36-44)62(58-33-16-15-29-53(58)45-20-5-3-6-21-45)50-26-17-23-47(41-50)54-32-18-34-59-60(54)57-40-37-46-22-10-12-30-55(46)61(57)63(59)48-24-7-4-8-25-48/h3-41H,2H2,1H3. The van der Waals surface area contributed by atoms with Gasteiger partial charge in [-0.1, -0.05) is 195 Å². The first kappa shape index (κ1) is 37.8. The highest BCUT2D eigenvalue weighted by molar-refractivity contribution is 6.22. The van der Waals surface area contributed by atoms with Crippen LogP contribution in [0, 0.1) is 6.92 Å². The monoisotopic (exact) mass is 804 g/mol. The molecule has 0 aliphatic carbocycles. The van der Waals surface area contributed by atoms with Crippen LogP contribution >= 0.6 is 0 Å². The zero-order chi connectivity index (χ0) is 42.3.